The Morgan fingerprint density at radius 1 is 0.935 bits per heavy atom. The van der Waals surface area contributed by atoms with Gasteiger partial charge >= 0.3 is 0 Å². The highest BCUT2D eigenvalue weighted by molar-refractivity contribution is 6.52. The van der Waals surface area contributed by atoms with E-state index in [1.807, 2.05) is 23.1 Å². The quantitative estimate of drug-likeness (QED) is 0.512. The van der Waals surface area contributed by atoms with Crippen LogP contribution in [-0.4, -0.2) is 59.6 Å². The molecule has 0 N–H and O–H groups in total. The van der Waals surface area contributed by atoms with Gasteiger partial charge in [0.2, 0.25) is 6.79 Å². The van der Waals surface area contributed by atoms with Crippen LogP contribution in [-0.2, 0) is 16.1 Å². The average molecular weight is 461 g/mol. The van der Waals surface area contributed by atoms with Crippen LogP contribution < -0.4 is 14.4 Å². The lowest BCUT2D eigenvalue weighted by Gasteiger charge is -2.36. The number of halogens is 2. The summed E-state index contributed by atoms with van der Waals surface area (Å²) in [5.41, 5.74) is 1.72. The van der Waals surface area contributed by atoms with E-state index in [4.69, 9.17) is 32.7 Å². The topological polar surface area (TPSA) is 75.2 Å². The molecule has 31 heavy (non-hydrogen) atoms. The minimum atomic E-state index is -0.549. The molecule has 1 fully saturated rings. The van der Waals surface area contributed by atoms with E-state index in [0.29, 0.717) is 18.8 Å². The molecular formula is C21H18Cl2N4O4. The summed E-state index contributed by atoms with van der Waals surface area (Å²) in [4.78, 5) is 34.8. The van der Waals surface area contributed by atoms with E-state index >= 15 is 0 Å². The van der Waals surface area contributed by atoms with Gasteiger partial charge in [-0.15, -0.1) is 0 Å². The Kier molecular flexibility index (Phi) is 5.21. The molecule has 2 aromatic rings. The molecule has 8 nitrogen and oxygen atoms in total. The number of ether oxygens (including phenoxy) is 2. The SMILES string of the molecule is O=C1C(Cl)=C(N2CCN(Cc3ccc4c(c3)OCO4)CC2)C(=O)N1c1ccnc(Cl)c1. The second kappa shape index (κ2) is 8.03. The summed E-state index contributed by atoms with van der Waals surface area (Å²) in [5.74, 6) is 0.534. The molecule has 0 spiro atoms. The van der Waals surface area contributed by atoms with E-state index in [9.17, 15) is 9.59 Å². The number of aromatic nitrogens is 1. The zero-order valence-corrected chi connectivity index (χ0v) is 17.9. The highest BCUT2D eigenvalue weighted by atomic mass is 35.5. The molecule has 10 heteroatoms. The maximum absolute atomic E-state index is 13.0. The number of hydrogen-bond acceptors (Lipinski definition) is 7. The first kappa shape index (κ1) is 20.1. The fourth-order valence-electron chi connectivity index (χ4n) is 3.96. The third-order valence-electron chi connectivity index (χ3n) is 5.50. The van der Waals surface area contributed by atoms with E-state index in [1.54, 1.807) is 6.07 Å². The molecule has 160 valence electrons. The van der Waals surface area contributed by atoms with Gasteiger partial charge in [0.05, 0.1) is 5.69 Å². The molecule has 5 rings (SSSR count). The van der Waals surface area contributed by atoms with Crippen molar-refractivity contribution in [2.24, 2.45) is 0 Å². The van der Waals surface area contributed by atoms with Crippen LogP contribution in [0, 0.1) is 0 Å². The summed E-state index contributed by atoms with van der Waals surface area (Å²) in [7, 11) is 0. The Bertz CT molecular complexity index is 1100. The maximum Gasteiger partial charge on any atom is 0.283 e. The number of pyridine rings is 1. The number of carbonyl (C=O) groups is 2. The van der Waals surface area contributed by atoms with Crippen molar-refractivity contribution < 1.29 is 19.1 Å². The summed E-state index contributed by atoms with van der Waals surface area (Å²) < 4.78 is 10.8. The Morgan fingerprint density at radius 2 is 1.71 bits per heavy atom. The van der Waals surface area contributed by atoms with Gasteiger partial charge in [0, 0.05) is 38.9 Å². The number of piperazine rings is 1. The van der Waals surface area contributed by atoms with Crippen molar-refractivity contribution in [3.05, 3.63) is 58.0 Å². The number of fused-ring (bicyclic) bond motifs is 1. The Labute approximate surface area is 188 Å². The number of carbonyl (C=O) groups excluding carboxylic acids is 2. The van der Waals surface area contributed by atoms with E-state index < -0.39 is 11.8 Å². The van der Waals surface area contributed by atoms with Crippen LogP contribution >= 0.6 is 23.2 Å². The van der Waals surface area contributed by atoms with Gasteiger partial charge in [0.1, 0.15) is 15.9 Å². The lowest BCUT2D eigenvalue weighted by Crippen LogP contribution is -2.47. The molecule has 0 atom stereocenters. The molecule has 1 saturated heterocycles. The predicted molar refractivity (Wildman–Crippen MR) is 114 cm³/mol. The smallest absolute Gasteiger partial charge is 0.283 e. The van der Waals surface area contributed by atoms with E-state index in [-0.39, 0.29) is 22.7 Å². The zero-order valence-electron chi connectivity index (χ0n) is 16.4. The monoisotopic (exact) mass is 460 g/mol. The first-order chi connectivity index (χ1) is 15.0. The van der Waals surface area contributed by atoms with Crippen molar-refractivity contribution in [2.75, 3.05) is 37.9 Å². The normalized spacial score (nSPS) is 19.0. The summed E-state index contributed by atoms with van der Waals surface area (Å²) in [6, 6.07) is 8.95. The van der Waals surface area contributed by atoms with Crippen molar-refractivity contribution in [3.8, 4) is 11.5 Å². The van der Waals surface area contributed by atoms with Crippen LogP contribution in [0.15, 0.2) is 47.3 Å². The van der Waals surface area contributed by atoms with Crippen LogP contribution in [0.1, 0.15) is 5.56 Å². The van der Waals surface area contributed by atoms with Crippen molar-refractivity contribution in [1.82, 2.24) is 14.8 Å². The number of rotatable bonds is 4. The van der Waals surface area contributed by atoms with Gasteiger partial charge in [-0.25, -0.2) is 9.88 Å². The third kappa shape index (κ3) is 3.71. The van der Waals surface area contributed by atoms with Crippen LogP contribution in [0.4, 0.5) is 5.69 Å². The van der Waals surface area contributed by atoms with E-state index in [0.717, 1.165) is 41.6 Å². The standard InChI is InChI=1S/C21H18Cl2N4O4/c22-17-10-14(3-4-24-17)27-20(28)18(23)19(21(27)29)26-7-5-25(6-8-26)11-13-1-2-15-16(9-13)31-12-30-15/h1-4,9-10H,5-8,11-12H2. The second-order valence-corrected chi connectivity index (χ2v) is 8.16. The van der Waals surface area contributed by atoms with Gasteiger partial charge in [-0.1, -0.05) is 29.3 Å². The first-order valence-corrected chi connectivity index (χ1v) is 10.5. The Balaban J connectivity index is 1.26. The molecule has 0 bridgehead atoms. The van der Waals surface area contributed by atoms with Gasteiger partial charge in [-0.3, -0.25) is 14.5 Å². The molecule has 0 aliphatic carbocycles. The molecule has 2 amide bonds. The fraction of sp³-hybridized carbons (Fsp3) is 0.286. The first-order valence-electron chi connectivity index (χ1n) is 9.77. The Hall–Kier alpha value is -2.81. The van der Waals surface area contributed by atoms with Gasteiger partial charge in [0.15, 0.2) is 11.5 Å². The molecule has 3 aliphatic heterocycles. The zero-order chi connectivity index (χ0) is 21.5. The van der Waals surface area contributed by atoms with E-state index in [2.05, 4.69) is 9.88 Å². The Morgan fingerprint density at radius 3 is 2.48 bits per heavy atom. The minimum Gasteiger partial charge on any atom is -0.454 e. The van der Waals surface area contributed by atoms with Crippen molar-refractivity contribution in [3.63, 3.8) is 0 Å². The molecule has 0 saturated carbocycles. The summed E-state index contributed by atoms with van der Waals surface area (Å²) in [6.07, 6.45) is 1.44. The van der Waals surface area contributed by atoms with Crippen LogP contribution in [0.5, 0.6) is 11.5 Å². The third-order valence-corrected chi connectivity index (χ3v) is 6.05. The second-order valence-electron chi connectivity index (χ2n) is 7.40. The predicted octanol–water partition coefficient (Wildman–Crippen LogP) is 2.61. The number of anilines is 1. The van der Waals surface area contributed by atoms with Crippen LogP contribution in [0.25, 0.3) is 0 Å². The summed E-state index contributed by atoms with van der Waals surface area (Å²) >= 11 is 12.2. The van der Waals surface area contributed by atoms with Crippen LogP contribution in [0.3, 0.4) is 0 Å². The number of amides is 2. The van der Waals surface area contributed by atoms with Crippen LogP contribution in [0.2, 0.25) is 5.15 Å². The number of nitrogens with zero attached hydrogens (tertiary/aromatic N) is 4. The molecule has 0 unspecified atom stereocenters. The van der Waals surface area contributed by atoms with Gasteiger partial charge < -0.3 is 14.4 Å². The van der Waals surface area contributed by atoms with Gasteiger partial charge in [-0.2, -0.15) is 0 Å². The molecule has 1 aromatic heterocycles. The molecule has 4 heterocycles. The highest BCUT2D eigenvalue weighted by Crippen LogP contribution is 2.34. The summed E-state index contributed by atoms with van der Waals surface area (Å²) in [5, 5.41) is 0.127. The largest absolute Gasteiger partial charge is 0.454 e. The maximum atomic E-state index is 13.0. The van der Waals surface area contributed by atoms with Crippen molar-refractivity contribution in [1.29, 1.82) is 0 Å². The minimum absolute atomic E-state index is 0.0674. The molecule has 3 aliphatic rings. The lowest BCUT2D eigenvalue weighted by molar-refractivity contribution is -0.121. The van der Waals surface area contributed by atoms with Gasteiger partial charge in [-0.05, 0) is 29.8 Å². The molecule has 1 aromatic carbocycles. The van der Waals surface area contributed by atoms with Crippen molar-refractivity contribution in [2.45, 2.75) is 6.54 Å². The highest BCUT2D eigenvalue weighted by Gasteiger charge is 2.42. The molecular weight excluding hydrogens is 443 g/mol. The fourth-order valence-corrected chi connectivity index (χ4v) is 4.41. The van der Waals surface area contributed by atoms with Crippen molar-refractivity contribution >= 4 is 40.7 Å². The number of hydrogen-bond donors (Lipinski definition) is 0. The number of imide groups is 1. The van der Waals surface area contributed by atoms with E-state index in [1.165, 1.54) is 12.3 Å². The number of benzene rings is 1. The van der Waals surface area contributed by atoms with Gasteiger partial charge in [0.25, 0.3) is 11.8 Å². The summed E-state index contributed by atoms with van der Waals surface area (Å²) in [6.45, 7) is 3.63. The molecule has 0 radical (unpaired) electrons. The average Bonchev–Trinajstić information content (AvgIpc) is 3.31. The lowest BCUT2D eigenvalue weighted by atomic mass is 10.1.